The molecule has 4 N–H and O–H groups in total. The first-order valence-electron chi connectivity index (χ1n) is 5.43. The fourth-order valence-electron chi connectivity index (χ4n) is 1.61. The van der Waals surface area contributed by atoms with E-state index >= 15 is 0 Å². The Morgan fingerprint density at radius 2 is 2.00 bits per heavy atom. The summed E-state index contributed by atoms with van der Waals surface area (Å²) in [5, 5.41) is 12.1. The molecule has 2 aromatic rings. The van der Waals surface area contributed by atoms with Crippen LogP contribution in [0.25, 0.3) is 0 Å². The average molecular weight is 360 g/mol. The van der Waals surface area contributed by atoms with Crippen LogP contribution in [-0.2, 0) is 0 Å². The van der Waals surface area contributed by atoms with Crippen molar-refractivity contribution in [3.8, 4) is 0 Å². The van der Waals surface area contributed by atoms with Crippen molar-refractivity contribution in [2.24, 2.45) is 0 Å². The lowest BCUT2D eigenvalue weighted by atomic mass is 10.1. The van der Waals surface area contributed by atoms with Gasteiger partial charge >= 0.3 is 5.97 Å². The van der Waals surface area contributed by atoms with Gasteiger partial charge in [-0.05, 0) is 30.3 Å². The number of carbonyl (C=O) groups is 1. The summed E-state index contributed by atoms with van der Waals surface area (Å²) in [5.74, 6) is -1.89. The summed E-state index contributed by atoms with van der Waals surface area (Å²) in [6.07, 6.45) is 0. The van der Waals surface area contributed by atoms with Crippen molar-refractivity contribution in [1.29, 1.82) is 0 Å². The van der Waals surface area contributed by atoms with Gasteiger partial charge in [0.25, 0.3) is 0 Å². The Bertz CT molecular complexity index is 694. The first-order valence-corrected chi connectivity index (χ1v) is 6.60. The van der Waals surface area contributed by atoms with E-state index in [0.717, 1.165) is 16.6 Å². The Morgan fingerprint density at radius 1 is 1.30 bits per heavy atom. The number of nitrogens with one attached hydrogen (secondary N) is 1. The van der Waals surface area contributed by atoms with Gasteiger partial charge < -0.3 is 16.2 Å². The second-order valence-electron chi connectivity index (χ2n) is 3.97. The summed E-state index contributed by atoms with van der Waals surface area (Å²) < 4.78 is 14.6. The van der Waals surface area contributed by atoms with E-state index in [1.165, 1.54) is 0 Å². The van der Waals surface area contributed by atoms with Crippen LogP contribution in [0.2, 0.25) is 5.02 Å². The number of carboxylic acids is 1. The third-order valence-electron chi connectivity index (χ3n) is 2.57. The number of anilines is 3. The van der Waals surface area contributed by atoms with Crippen LogP contribution in [0, 0.1) is 5.82 Å². The maximum atomic E-state index is 13.8. The number of halogens is 3. The number of aromatic carboxylic acids is 1. The SMILES string of the molecule is Nc1cc(F)c(Nc2cc(Br)ccc2Cl)cc1C(=O)O. The maximum absolute atomic E-state index is 13.8. The van der Waals surface area contributed by atoms with Gasteiger partial charge in [-0.3, -0.25) is 0 Å². The number of benzene rings is 2. The number of carboxylic acid groups (broad SMARTS) is 1. The molecule has 2 rings (SSSR count). The molecule has 0 amide bonds. The van der Waals surface area contributed by atoms with Gasteiger partial charge in [0.2, 0.25) is 0 Å². The molecule has 0 unspecified atom stereocenters. The van der Waals surface area contributed by atoms with E-state index in [9.17, 15) is 9.18 Å². The fourth-order valence-corrected chi connectivity index (χ4v) is 2.13. The van der Waals surface area contributed by atoms with Crippen LogP contribution >= 0.6 is 27.5 Å². The minimum atomic E-state index is -1.23. The molecule has 0 saturated heterocycles. The van der Waals surface area contributed by atoms with Crippen molar-refractivity contribution < 1.29 is 14.3 Å². The molecule has 20 heavy (non-hydrogen) atoms. The summed E-state index contributed by atoms with van der Waals surface area (Å²) >= 11 is 9.26. The zero-order chi connectivity index (χ0) is 14.9. The standard InChI is InChI=1S/C13H9BrClFN2O2/c14-6-1-2-8(15)11(3-6)18-12-4-7(13(19)20)10(17)5-9(12)16/h1-5,18H,17H2,(H,19,20). The van der Waals surface area contributed by atoms with E-state index in [4.69, 9.17) is 22.4 Å². The van der Waals surface area contributed by atoms with E-state index in [-0.39, 0.29) is 16.9 Å². The molecule has 0 bridgehead atoms. The highest BCUT2D eigenvalue weighted by atomic mass is 79.9. The third kappa shape index (κ3) is 3.02. The van der Waals surface area contributed by atoms with Crippen LogP contribution in [-0.4, -0.2) is 11.1 Å². The first kappa shape index (κ1) is 14.6. The summed E-state index contributed by atoms with van der Waals surface area (Å²) in [4.78, 5) is 11.0. The summed E-state index contributed by atoms with van der Waals surface area (Å²) in [6, 6.07) is 7.09. The molecule has 0 spiro atoms. The molecule has 0 saturated carbocycles. The van der Waals surface area contributed by atoms with Crippen molar-refractivity contribution in [1.82, 2.24) is 0 Å². The molecule has 0 atom stereocenters. The van der Waals surface area contributed by atoms with Crippen LogP contribution < -0.4 is 11.1 Å². The molecule has 104 valence electrons. The van der Waals surface area contributed by atoms with Crippen molar-refractivity contribution in [3.05, 3.63) is 51.2 Å². The van der Waals surface area contributed by atoms with Crippen LogP contribution in [0.3, 0.4) is 0 Å². The molecule has 0 heterocycles. The largest absolute Gasteiger partial charge is 0.478 e. The molecular formula is C13H9BrClFN2O2. The monoisotopic (exact) mass is 358 g/mol. The van der Waals surface area contributed by atoms with Gasteiger partial charge in [0.1, 0.15) is 5.82 Å². The lowest BCUT2D eigenvalue weighted by Crippen LogP contribution is -2.05. The topological polar surface area (TPSA) is 75.3 Å². The number of hydrogen-bond donors (Lipinski definition) is 3. The highest BCUT2D eigenvalue weighted by Crippen LogP contribution is 2.31. The molecule has 0 aliphatic rings. The van der Waals surface area contributed by atoms with Crippen molar-refractivity contribution in [3.63, 3.8) is 0 Å². The highest BCUT2D eigenvalue weighted by Gasteiger charge is 2.14. The molecule has 0 aromatic heterocycles. The van der Waals surface area contributed by atoms with Crippen LogP contribution in [0.15, 0.2) is 34.8 Å². The van der Waals surface area contributed by atoms with Gasteiger partial charge in [-0.25, -0.2) is 9.18 Å². The molecule has 0 aliphatic heterocycles. The fraction of sp³-hybridized carbons (Fsp3) is 0. The van der Waals surface area contributed by atoms with Gasteiger partial charge in [0.05, 0.1) is 22.0 Å². The Hall–Kier alpha value is -1.79. The summed E-state index contributed by atoms with van der Waals surface area (Å²) in [6.45, 7) is 0. The molecule has 0 fully saturated rings. The Morgan fingerprint density at radius 3 is 2.65 bits per heavy atom. The van der Waals surface area contributed by atoms with Gasteiger partial charge in [-0.2, -0.15) is 0 Å². The molecule has 0 aliphatic carbocycles. The zero-order valence-corrected chi connectivity index (χ0v) is 12.3. The quantitative estimate of drug-likeness (QED) is 0.716. The van der Waals surface area contributed by atoms with E-state index in [1.54, 1.807) is 18.2 Å². The van der Waals surface area contributed by atoms with Crippen molar-refractivity contribution in [2.45, 2.75) is 0 Å². The second kappa shape index (κ2) is 5.68. The number of hydrogen-bond acceptors (Lipinski definition) is 3. The molecule has 2 aromatic carbocycles. The van der Waals surface area contributed by atoms with Crippen molar-refractivity contribution in [2.75, 3.05) is 11.1 Å². The lowest BCUT2D eigenvalue weighted by molar-refractivity contribution is 0.0698. The van der Waals surface area contributed by atoms with Crippen LogP contribution in [0.4, 0.5) is 21.5 Å². The molecule has 4 nitrogen and oxygen atoms in total. The van der Waals surface area contributed by atoms with E-state index in [0.29, 0.717) is 10.7 Å². The normalized spacial score (nSPS) is 10.3. The average Bonchev–Trinajstić information content (AvgIpc) is 2.36. The minimum Gasteiger partial charge on any atom is -0.478 e. The minimum absolute atomic E-state index is 0.0170. The zero-order valence-electron chi connectivity index (χ0n) is 9.95. The smallest absolute Gasteiger partial charge is 0.337 e. The van der Waals surface area contributed by atoms with Gasteiger partial charge in [0.15, 0.2) is 0 Å². The predicted octanol–water partition coefficient (Wildman–Crippen LogP) is 4.27. The van der Waals surface area contributed by atoms with Gasteiger partial charge in [-0.1, -0.05) is 27.5 Å². The summed E-state index contributed by atoms with van der Waals surface area (Å²) in [5.41, 5.74) is 5.57. The van der Waals surface area contributed by atoms with Crippen LogP contribution in [0.1, 0.15) is 10.4 Å². The third-order valence-corrected chi connectivity index (χ3v) is 3.39. The second-order valence-corrected chi connectivity index (χ2v) is 5.30. The number of nitrogen functional groups attached to an aromatic ring is 1. The number of rotatable bonds is 3. The Balaban J connectivity index is 2.45. The Kier molecular flexibility index (Phi) is 4.15. The maximum Gasteiger partial charge on any atom is 0.337 e. The van der Waals surface area contributed by atoms with Gasteiger partial charge in [-0.15, -0.1) is 0 Å². The van der Waals surface area contributed by atoms with E-state index in [2.05, 4.69) is 21.2 Å². The first-order chi connectivity index (χ1) is 9.38. The highest BCUT2D eigenvalue weighted by molar-refractivity contribution is 9.10. The van der Waals surface area contributed by atoms with Gasteiger partial charge in [0, 0.05) is 10.2 Å². The van der Waals surface area contributed by atoms with E-state index in [1.807, 2.05) is 0 Å². The summed E-state index contributed by atoms with van der Waals surface area (Å²) in [7, 11) is 0. The predicted molar refractivity (Wildman–Crippen MR) is 80.2 cm³/mol. The molecule has 7 heteroatoms. The molecule has 0 radical (unpaired) electrons. The lowest BCUT2D eigenvalue weighted by Gasteiger charge is -2.12. The van der Waals surface area contributed by atoms with Crippen molar-refractivity contribution >= 4 is 50.6 Å². The number of nitrogens with two attached hydrogens (primary N) is 1. The molecular weight excluding hydrogens is 351 g/mol. The van der Waals surface area contributed by atoms with E-state index < -0.39 is 11.8 Å². The Labute approximate surface area is 127 Å². The van der Waals surface area contributed by atoms with Crippen LogP contribution in [0.5, 0.6) is 0 Å².